The molecule has 0 saturated heterocycles. The number of rotatable bonds is 1. The third kappa shape index (κ3) is 1.29. The van der Waals surface area contributed by atoms with Gasteiger partial charge in [-0.15, -0.1) is 0 Å². The molecule has 13 heavy (non-hydrogen) atoms. The molecule has 2 rings (SSSR count). The highest BCUT2D eigenvalue weighted by atomic mass is 79.9. The Kier molecular flexibility index (Phi) is 1.96. The van der Waals surface area contributed by atoms with E-state index < -0.39 is 0 Å². The highest BCUT2D eigenvalue weighted by Gasteiger charge is 2.03. The number of carbonyl (C=O) groups excluding carboxylic acids is 1. The third-order valence-corrected chi connectivity index (χ3v) is 2.73. The molecule has 1 aromatic carbocycles. The zero-order chi connectivity index (χ0) is 9.42. The van der Waals surface area contributed by atoms with Crippen LogP contribution in [0.1, 0.15) is 10.4 Å². The van der Waals surface area contributed by atoms with Crippen molar-refractivity contribution in [2.24, 2.45) is 7.05 Å². The van der Waals surface area contributed by atoms with Crippen molar-refractivity contribution in [1.29, 1.82) is 0 Å². The average molecular weight is 238 g/mol. The monoisotopic (exact) mass is 237 g/mol. The fourth-order valence-corrected chi connectivity index (χ4v) is 2.07. The molecule has 0 saturated carbocycles. The Balaban J connectivity index is 2.83. The molecule has 0 amide bonds. The van der Waals surface area contributed by atoms with Crippen molar-refractivity contribution in [3.05, 3.63) is 34.4 Å². The molecule has 1 aromatic heterocycles. The predicted octanol–water partition coefficient (Wildman–Crippen LogP) is 2.75. The second kappa shape index (κ2) is 3.00. The van der Waals surface area contributed by atoms with E-state index >= 15 is 0 Å². The maximum Gasteiger partial charge on any atom is 0.150 e. The van der Waals surface area contributed by atoms with Crippen LogP contribution in [0.3, 0.4) is 0 Å². The van der Waals surface area contributed by atoms with E-state index in [2.05, 4.69) is 15.9 Å². The maximum absolute atomic E-state index is 10.5. The van der Waals surface area contributed by atoms with Crippen molar-refractivity contribution < 1.29 is 4.79 Å². The minimum Gasteiger partial charge on any atom is -0.349 e. The van der Waals surface area contributed by atoms with Gasteiger partial charge in [-0.3, -0.25) is 4.79 Å². The molecule has 0 bridgehead atoms. The molecule has 0 unspecified atom stereocenters. The van der Waals surface area contributed by atoms with Gasteiger partial charge in [0.25, 0.3) is 0 Å². The number of aldehydes is 1. The van der Waals surface area contributed by atoms with E-state index in [0.29, 0.717) is 5.56 Å². The Morgan fingerprint density at radius 2 is 2.23 bits per heavy atom. The lowest BCUT2D eigenvalue weighted by Gasteiger charge is -1.95. The lowest BCUT2D eigenvalue weighted by atomic mass is 10.2. The van der Waals surface area contributed by atoms with Crippen LogP contribution in [0.2, 0.25) is 0 Å². The van der Waals surface area contributed by atoms with Gasteiger partial charge in [-0.05, 0) is 22.0 Å². The standard InChI is InChI=1S/C10H8BrNO/c1-12-5-9(11)8-3-2-7(6-13)4-10(8)12/h2-6H,1H3. The molecule has 0 radical (unpaired) electrons. The van der Waals surface area contributed by atoms with Crippen molar-refractivity contribution in [3.63, 3.8) is 0 Å². The van der Waals surface area contributed by atoms with Crippen molar-refractivity contribution in [1.82, 2.24) is 4.57 Å². The molecule has 0 aliphatic heterocycles. The van der Waals surface area contributed by atoms with Gasteiger partial charge in [-0.1, -0.05) is 12.1 Å². The maximum atomic E-state index is 10.5. The number of fused-ring (bicyclic) bond motifs is 1. The molecule has 0 aliphatic carbocycles. The van der Waals surface area contributed by atoms with Crippen molar-refractivity contribution in [2.75, 3.05) is 0 Å². The number of hydrogen-bond acceptors (Lipinski definition) is 1. The van der Waals surface area contributed by atoms with Gasteiger partial charge in [0.1, 0.15) is 6.29 Å². The molecule has 0 spiro atoms. The molecule has 1 heterocycles. The van der Waals surface area contributed by atoms with E-state index in [1.165, 1.54) is 0 Å². The first kappa shape index (κ1) is 8.51. The molecule has 0 fully saturated rings. The molecule has 2 aromatic rings. The van der Waals surface area contributed by atoms with Gasteiger partial charge in [0.05, 0.1) is 0 Å². The van der Waals surface area contributed by atoms with Crippen molar-refractivity contribution >= 4 is 33.1 Å². The van der Waals surface area contributed by atoms with Crippen LogP contribution < -0.4 is 0 Å². The summed E-state index contributed by atoms with van der Waals surface area (Å²) in [6.45, 7) is 0. The fraction of sp³-hybridized carbons (Fsp3) is 0.100. The average Bonchev–Trinajstić information content (AvgIpc) is 2.42. The largest absolute Gasteiger partial charge is 0.349 e. The van der Waals surface area contributed by atoms with E-state index in [9.17, 15) is 4.79 Å². The Morgan fingerprint density at radius 1 is 1.46 bits per heavy atom. The summed E-state index contributed by atoms with van der Waals surface area (Å²) in [5.41, 5.74) is 1.78. The van der Waals surface area contributed by atoms with Crippen LogP contribution in [0.25, 0.3) is 10.9 Å². The Hall–Kier alpha value is -1.09. The summed E-state index contributed by atoms with van der Waals surface area (Å²) in [7, 11) is 1.96. The van der Waals surface area contributed by atoms with Crippen LogP contribution in [0.15, 0.2) is 28.9 Å². The number of aromatic nitrogens is 1. The number of halogens is 1. The van der Waals surface area contributed by atoms with Crippen LogP contribution in [0.4, 0.5) is 0 Å². The molecule has 2 nitrogen and oxygen atoms in total. The highest BCUT2D eigenvalue weighted by Crippen LogP contribution is 2.25. The van der Waals surface area contributed by atoms with E-state index in [-0.39, 0.29) is 0 Å². The summed E-state index contributed by atoms with van der Waals surface area (Å²) < 4.78 is 3.05. The summed E-state index contributed by atoms with van der Waals surface area (Å²) in [6, 6.07) is 5.65. The molecule has 0 N–H and O–H groups in total. The summed E-state index contributed by atoms with van der Waals surface area (Å²) in [4.78, 5) is 10.5. The number of aryl methyl sites for hydroxylation is 1. The second-order valence-electron chi connectivity index (χ2n) is 2.98. The SMILES string of the molecule is Cn1cc(Br)c2ccc(C=O)cc21. The zero-order valence-electron chi connectivity index (χ0n) is 7.12. The fourth-order valence-electron chi connectivity index (χ4n) is 1.42. The minimum atomic E-state index is 0.709. The number of carbonyl (C=O) groups is 1. The second-order valence-corrected chi connectivity index (χ2v) is 3.84. The topological polar surface area (TPSA) is 22.0 Å². The van der Waals surface area contributed by atoms with Crippen LogP contribution in [-0.4, -0.2) is 10.9 Å². The first-order valence-electron chi connectivity index (χ1n) is 3.92. The molecule has 0 atom stereocenters. The molecule has 3 heteroatoms. The van der Waals surface area contributed by atoms with Gasteiger partial charge in [0.15, 0.2) is 0 Å². The smallest absolute Gasteiger partial charge is 0.150 e. The van der Waals surface area contributed by atoms with Gasteiger partial charge < -0.3 is 4.57 Å². The van der Waals surface area contributed by atoms with Crippen LogP contribution >= 0.6 is 15.9 Å². The van der Waals surface area contributed by atoms with E-state index in [1.807, 2.05) is 36.0 Å². The number of nitrogens with zero attached hydrogens (tertiary/aromatic N) is 1. The van der Waals surface area contributed by atoms with Crippen molar-refractivity contribution in [3.8, 4) is 0 Å². The van der Waals surface area contributed by atoms with E-state index in [1.54, 1.807) is 0 Å². The molecule has 0 aliphatic rings. The van der Waals surface area contributed by atoms with Gasteiger partial charge in [0, 0.05) is 34.2 Å². The number of hydrogen-bond donors (Lipinski definition) is 0. The van der Waals surface area contributed by atoms with Gasteiger partial charge >= 0.3 is 0 Å². The van der Waals surface area contributed by atoms with Crippen LogP contribution in [0.5, 0.6) is 0 Å². The Labute approximate surface area is 84.3 Å². The summed E-state index contributed by atoms with van der Waals surface area (Å²) >= 11 is 3.45. The van der Waals surface area contributed by atoms with E-state index in [0.717, 1.165) is 21.7 Å². The highest BCUT2D eigenvalue weighted by molar-refractivity contribution is 9.10. The van der Waals surface area contributed by atoms with Crippen LogP contribution in [0, 0.1) is 0 Å². The quantitative estimate of drug-likeness (QED) is 0.700. The van der Waals surface area contributed by atoms with Gasteiger partial charge in [0.2, 0.25) is 0 Å². The summed E-state index contributed by atoms with van der Waals surface area (Å²) in [5, 5.41) is 1.13. The Morgan fingerprint density at radius 3 is 2.92 bits per heavy atom. The van der Waals surface area contributed by atoms with E-state index in [4.69, 9.17) is 0 Å². The first-order valence-corrected chi connectivity index (χ1v) is 4.71. The summed E-state index contributed by atoms with van der Waals surface area (Å²) in [6.07, 6.45) is 2.85. The van der Waals surface area contributed by atoms with Gasteiger partial charge in [-0.25, -0.2) is 0 Å². The van der Waals surface area contributed by atoms with Crippen molar-refractivity contribution in [2.45, 2.75) is 0 Å². The summed E-state index contributed by atoms with van der Waals surface area (Å²) in [5.74, 6) is 0. The predicted molar refractivity (Wildman–Crippen MR) is 56.0 cm³/mol. The first-order chi connectivity index (χ1) is 6.22. The number of benzene rings is 1. The minimum absolute atomic E-state index is 0.709. The zero-order valence-corrected chi connectivity index (χ0v) is 8.71. The lowest BCUT2D eigenvalue weighted by molar-refractivity contribution is 0.112. The van der Waals surface area contributed by atoms with Gasteiger partial charge in [-0.2, -0.15) is 0 Å². The molecular formula is C10H8BrNO. The normalized spacial score (nSPS) is 10.6. The lowest BCUT2D eigenvalue weighted by Crippen LogP contribution is -1.85. The molecule has 66 valence electrons. The third-order valence-electron chi connectivity index (χ3n) is 2.10. The van der Waals surface area contributed by atoms with Crippen LogP contribution in [-0.2, 0) is 7.05 Å². The molecular weight excluding hydrogens is 230 g/mol. The Bertz CT molecular complexity index is 473.